The fraction of sp³-hybridized carbons (Fsp3) is 0.333. The summed E-state index contributed by atoms with van der Waals surface area (Å²) in [5.74, 6) is -0.436. The van der Waals surface area contributed by atoms with Gasteiger partial charge in [0.25, 0.3) is 0 Å². The van der Waals surface area contributed by atoms with E-state index in [9.17, 15) is 9.90 Å². The smallest absolute Gasteiger partial charge is 0.310 e. The van der Waals surface area contributed by atoms with Crippen molar-refractivity contribution in [1.29, 1.82) is 5.26 Å². The van der Waals surface area contributed by atoms with Gasteiger partial charge in [-0.1, -0.05) is 6.07 Å². The molecule has 0 unspecified atom stereocenters. The molecule has 0 atom stereocenters. The molecule has 5 nitrogen and oxygen atoms in total. The molecule has 5 heteroatoms. The number of hydrogen-bond donors (Lipinski definition) is 2. The highest BCUT2D eigenvalue weighted by molar-refractivity contribution is 5.74. The second kappa shape index (κ2) is 5.87. The number of phenolic OH excluding ortho intramolecular Hbond substituents is 1. The second-order valence-electron chi connectivity index (χ2n) is 3.40. The van der Waals surface area contributed by atoms with Gasteiger partial charge in [-0.25, -0.2) is 0 Å². The summed E-state index contributed by atoms with van der Waals surface area (Å²) in [6.07, 6.45) is 0.00398. The van der Waals surface area contributed by atoms with Crippen LogP contribution in [-0.2, 0) is 22.5 Å². The molecule has 0 radical (unpaired) electrons. The topological polar surface area (TPSA) is 96.3 Å². The minimum Gasteiger partial charge on any atom is -0.508 e. The van der Waals surface area contributed by atoms with Crippen LogP contribution in [0.15, 0.2) is 12.1 Å². The Morgan fingerprint density at radius 1 is 1.59 bits per heavy atom. The summed E-state index contributed by atoms with van der Waals surface area (Å²) < 4.78 is 4.81. The van der Waals surface area contributed by atoms with Crippen LogP contribution < -0.4 is 5.73 Å². The first-order valence-corrected chi connectivity index (χ1v) is 5.23. The molecule has 0 amide bonds. The second-order valence-corrected chi connectivity index (χ2v) is 3.40. The minimum atomic E-state index is -0.405. The van der Waals surface area contributed by atoms with Gasteiger partial charge in [-0.3, -0.25) is 4.79 Å². The van der Waals surface area contributed by atoms with Crippen molar-refractivity contribution in [2.24, 2.45) is 5.73 Å². The van der Waals surface area contributed by atoms with Gasteiger partial charge in [0.05, 0.1) is 24.7 Å². The van der Waals surface area contributed by atoms with E-state index in [2.05, 4.69) is 0 Å². The van der Waals surface area contributed by atoms with Crippen molar-refractivity contribution >= 4 is 5.97 Å². The number of nitrogens with zero attached hydrogens (tertiary/aromatic N) is 1. The summed E-state index contributed by atoms with van der Waals surface area (Å²) >= 11 is 0. The van der Waals surface area contributed by atoms with Crippen LogP contribution in [0.2, 0.25) is 0 Å². The number of benzene rings is 1. The molecule has 0 aliphatic carbocycles. The summed E-state index contributed by atoms with van der Waals surface area (Å²) in [5, 5.41) is 18.6. The van der Waals surface area contributed by atoms with Crippen molar-refractivity contribution in [1.82, 2.24) is 0 Å². The van der Waals surface area contributed by atoms with Crippen molar-refractivity contribution in [3.63, 3.8) is 0 Å². The molecule has 1 aromatic carbocycles. The lowest BCUT2D eigenvalue weighted by Gasteiger charge is -2.09. The van der Waals surface area contributed by atoms with Crippen LogP contribution in [0, 0.1) is 11.3 Å². The van der Waals surface area contributed by atoms with E-state index in [-0.39, 0.29) is 24.3 Å². The van der Waals surface area contributed by atoms with Crippen LogP contribution in [-0.4, -0.2) is 17.7 Å². The standard InChI is InChI=1S/C12H14N2O3/c1-2-17-12(16)5-8-3-4-11(15)10(7-14)9(8)6-13/h3-4,15H,2,5,7,14H2,1H3. The number of esters is 1. The maximum absolute atomic E-state index is 11.3. The molecule has 1 rings (SSSR count). The number of nitriles is 1. The van der Waals surface area contributed by atoms with Crippen LogP contribution in [0.3, 0.4) is 0 Å². The average molecular weight is 234 g/mol. The summed E-state index contributed by atoms with van der Waals surface area (Å²) in [5.41, 5.74) is 6.58. The molecule has 0 spiro atoms. The monoisotopic (exact) mass is 234 g/mol. The zero-order chi connectivity index (χ0) is 12.8. The predicted octanol–water partition coefficient (Wildman–Crippen LogP) is 0.828. The van der Waals surface area contributed by atoms with Crippen LogP contribution in [0.4, 0.5) is 0 Å². The Labute approximate surface area is 99.4 Å². The molecule has 0 heterocycles. The Morgan fingerprint density at radius 3 is 2.82 bits per heavy atom. The number of nitrogens with two attached hydrogens (primary N) is 1. The summed E-state index contributed by atoms with van der Waals surface area (Å²) in [4.78, 5) is 11.3. The quantitative estimate of drug-likeness (QED) is 0.752. The van der Waals surface area contributed by atoms with E-state index in [1.165, 1.54) is 12.1 Å². The lowest BCUT2D eigenvalue weighted by atomic mass is 9.99. The SMILES string of the molecule is CCOC(=O)Cc1ccc(O)c(CN)c1C#N. The van der Waals surface area contributed by atoms with Gasteiger partial charge >= 0.3 is 5.97 Å². The van der Waals surface area contributed by atoms with E-state index in [1.807, 2.05) is 6.07 Å². The van der Waals surface area contributed by atoms with Gasteiger partial charge in [-0.15, -0.1) is 0 Å². The molecule has 0 bridgehead atoms. The summed E-state index contributed by atoms with van der Waals surface area (Å²) in [7, 11) is 0. The first-order chi connectivity index (χ1) is 8.13. The molecule has 0 fully saturated rings. The summed E-state index contributed by atoms with van der Waals surface area (Å²) in [6.45, 7) is 2.05. The number of hydrogen-bond acceptors (Lipinski definition) is 5. The molecule has 0 aliphatic heterocycles. The highest BCUT2D eigenvalue weighted by Crippen LogP contribution is 2.24. The zero-order valence-corrected chi connectivity index (χ0v) is 9.56. The van der Waals surface area contributed by atoms with Gasteiger partial charge in [-0.2, -0.15) is 5.26 Å². The van der Waals surface area contributed by atoms with Gasteiger partial charge in [0.1, 0.15) is 5.75 Å². The molecule has 3 N–H and O–H groups in total. The maximum atomic E-state index is 11.3. The minimum absolute atomic E-state index is 0.00398. The normalized spacial score (nSPS) is 9.71. The average Bonchev–Trinajstić information content (AvgIpc) is 2.31. The summed E-state index contributed by atoms with van der Waals surface area (Å²) in [6, 6.07) is 4.92. The van der Waals surface area contributed by atoms with Gasteiger partial charge in [0.2, 0.25) is 0 Å². The van der Waals surface area contributed by atoms with E-state index < -0.39 is 5.97 Å². The van der Waals surface area contributed by atoms with Gasteiger partial charge in [0, 0.05) is 12.1 Å². The number of phenols is 1. The van der Waals surface area contributed by atoms with E-state index in [0.29, 0.717) is 17.7 Å². The zero-order valence-electron chi connectivity index (χ0n) is 9.56. The molecule has 0 saturated heterocycles. The molecule has 1 aromatic rings. The predicted molar refractivity (Wildman–Crippen MR) is 61.1 cm³/mol. The Kier molecular flexibility index (Phi) is 4.49. The largest absolute Gasteiger partial charge is 0.508 e. The van der Waals surface area contributed by atoms with Crippen LogP contribution >= 0.6 is 0 Å². The first-order valence-electron chi connectivity index (χ1n) is 5.23. The van der Waals surface area contributed by atoms with Crippen molar-refractivity contribution in [3.05, 3.63) is 28.8 Å². The number of carbonyl (C=O) groups excluding carboxylic acids is 1. The van der Waals surface area contributed by atoms with Gasteiger partial charge in [0.15, 0.2) is 0 Å². The molecule has 0 aliphatic rings. The van der Waals surface area contributed by atoms with E-state index in [0.717, 1.165) is 0 Å². The Bertz CT molecular complexity index is 464. The van der Waals surface area contributed by atoms with E-state index in [1.54, 1.807) is 6.92 Å². The van der Waals surface area contributed by atoms with Crippen molar-refractivity contribution in [2.75, 3.05) is 6.61 Å². The lowest BCUT2D eigenvalue weighted by Crippen LogP contribution is -2.10. The van der Waals surface area contributed by atoms with Crippen LogP contribution in [0.25, 0.3) is 0 Å². The molecular formula is C12H14N2O3. The molecule has 0 aromatic heterocycles. The number of aromatic hydroxyl groups is 1. The molecule has 17 heavy (non-hydrogen) atoms. The third-order valence-electron chi connectivity index (χ3n) is 2.33. The van der Waals surface area contributed by atoms with Crippen molar-refractivity contribution in [3.8, 4) is 11.8 Å². The lowest BCUT2D eigenvalue weighted by molar-refractivity contribution is -0.142. The maximum Gasteiger partial charge on any atom is 0.310 e. The van der Waals surface area contributed by atoms with Crippen molar-refractivity contribution < 1.29 is 14.6 Å². The molecule has 90 valence electrons. The van der Waals surface area contributed by atoms with Crippen molar-refractivity contribution in [2.45, 2.75) is 19.9 Å². The van der Waals surface area contributed by atoms with E-state index >= 15 is 0 Å². The highest BCUT2D eigenvalue weighted by Gasteiger charge is 2.14. The van der Waals surface area contributed by atoms with E-state index in [4.69, 9.17) is 15.7 Å². The third-order valence-corrected chi connectivity index (χ3v) is 2.33. The Morgan fingerprint density at radius 2 is 2.29 bits per heavy atom. The van der Waals surface area contributed by atoms with Gasteiger partial charge in [-0.05, 0) is 18.6 Å². The third kappa shape index (κ3) is 2.95. The highest BCUT2D eigenvalue weighted by atomic mass is 16.5. The fourth-order valence-corrected chi connectivity index (χ4v) is 1.55. The van der Waals surface area contributed by atoms with Crippen LogP contribution in [0.1, 0.15) is 23.6 Å². The van der Waals surface area contributed by atoms with Crippen LogP contribution in [0.5, 0.6) is 5.75 Å². The molecular weight excluding hydrogens is 220 g/mol. The fourth-order valence-electron chi connectivity index (χ4n) is 1.55. The van der Waals surface area contributed by atoms with Gasteiger partial charge < -0.3 is 15.6 Å². The Balaban J connectivity index is 3.09. The number of carbonyl (C=O) groups is 1. The number of rotatable bonds is 4. The first kappa shape index (κ1) is 13.0. The molecule has 0 saturated carbocycles. The Hall–Kier alpha value is -2.06. The number of ether oxygens (including phenoxy) is 1.